The van der Waals surface area contributed by atoms with E-state index < -0.39 is 0 Å². The number of hydrogen-bond acceptors (Lipinski definition) is 5. The van der Waals surface area contributed by atoms with Crippen LogP contribution in [0.4, 0.5) is 0 Å². The number of nitrogens with zero attached hydrogens (tertiary/aromatic N) is 5. The molecule has 3 heterocycles. The van der Waals surface area contributed by atoms with E-state index in [0.717, 1.165) is 5.65 Å². The third kappa shape index (κ3) is 2.07. The predicted octanol–water partition coefficient (Wildman–Crippen LogP) is 1.96. The van der Waals surface area contributed by atoms with Gasteiger partial charge in [-0.25, -0.2) is 4.98 Å². The highest BCUT2D eigenvalue weighted by Crippen LogP contribution is 2.23. The van der Waals surface area contributed by atoms with Crippen LogP contribution in [0.3, 0.4) is 0 Å². The van der Waals surface area contributed by atoms with Crippen molar-refractivity contribution in [2.75, 3.05) is 7.11 Å². The molecule has 1 N–H and O–H groups in total. The molecule has 0 fully saturated rings. The lowest BCUT2D eigenvalue weighted by Crippen LogP contribution is -2.14. The summed E-state index contributed by atoms with van der Waals surface area (Å²) in [6.45, 7) is 2.78. The van der Waals surface area contributed by atoms with Crippen molar-refractivity contribution in [1.29, 1.82) is 0 Å². The highest BCUT2D eigenvalue weighted by Gasteiger charge is 2.16. The molecule has 0 aliphatic rings. The Labute approximate surface area is 120 Å². The molecule has 0 aliphatic heterocycles. The summed E-state index contributed by atoms with van der Waals surface area (Å²) in [5.74, 6) is 0.492. The first-order chi connectivity index (χ1) is 9.70. The first-order valence-corrected chi connectivity index (χ1v) is 6.58. The summed E-state index contributed by atoms with van der Waals surface area (Å²) in [4.78, 5) is 11.5. The molecule has 0 saturated carbocycles. The van der Waals surface area contributed by atoms with Gasteiger partial charge in [0, 0.05) is 12.4 Å². The van der Waals surface area contributed by atoms with E-state index in [1.54, 1.807) is 13.3 Å². The molecule has 0 spiro atoms. The number of H-pyrrole nitrogens is 1. The van der Waals surface area contributed by atoms with Crippen molar-refractivity contribution in [3.05, 3.63) is 29.6 Å². The molecule has 0 bridgehead atoms. The fraction of sp³-hybridized carbons (Fsp3) is 0.333. The van der Waals surface area contributed by atoms with Crippen LogP contribution in [0, 0.1) is 4.77 Å². The second kappa shape index (κ2) is 5.04. The molecular formula is C12H14N6OS. The quantitative estimate of drug-likeness (QED) is 0.743. The standard InChI is InChI=1S/C12H14N6OS/c1-8(6-17-5-3-4-15-17)18-10-9(16-12(18)20)11(19-2)14-7-13-10/h3-5,7-8H,6H2,1-2H3,(H,16,20). The number of aromatic nitrogens is 6. The summed E-state index contributed by atoms with van der Waals surface area (Å²) in [5.41, 5.74) is 1.45. The van der Waals surface area contributed by atoms with Gasteiger partial charge in [-0.05, 0) is 25.2 Å². The molecule has 0 radical (unpaired) electrons. The first-order valence-electron chi connectivity index (χ1n) is 6.17. The molecular weight excluding hydrogens is 276 g/mol. The lowest BCUT2D eigenvalue weighted by Gasteiger charge is -2.14. The third-order valence-electron chi connectivity index (χ3n) is 3.12. The molecule has 104 valence electrons. The van der Waals surface area contributed by atoms with Gasteiger partial charge in [-0.3, -0.25) is 9.25 Å². The van der Waals surface area contributed by atoms with Crippen molar-refractivity contribution in [2.45, 2.75) is 19.5 Å². The topological polar surface area (TPSA) is 73.6 Å². The summed E-state index contributed by atoms with van der Waals surface area (Å²) in [6, 6.07) is 2.00. The molecule has 20 heavy (non-hydrogen) atoms. The van der Waals surface area contributed by atoms with Crippen molar-refractivity contribution >= 4 is 23.4 Å². The molecule has 1 atom stereocenters. The number of methoxy groups -OCH3 is 1. The van der Waals surface area contributed by atoms with Crippen LogP contribution in [-0.4, -0.2) is 36.4 Å². The minimum absolute atomic E-state index is 0.107. The Morgan fingerprint density at radius 3 is 3.00 bits per heavy atom. The van der Waals surface area contributed by atoms with E-state index in [2.05, 4.69) is 27.0 Å². The van der Waals surface area contributed by atoms with Crippen LogP contribution in [-0.2, 0) is 6.54 Å². The zero-order valence-corrected chi connectivity index (χ0v) is 12.0. The maximum absolute atomic E-state index is 5.39. The fourth-order valence-electron chi connectivity index (χ4n) is 2.24. The van der Waals surface area contributed by atoms with Crippen molar-refractivity contribution < 1.29 is 4.74 Å². The molecule has 0 saturated heterocycles. The van der Waals surface area contributed by atoms with Crippen molar-refractivity contribution in [3.8, 4) is 5.88 Å². The van der Waals surface area contributed by atoms with Gasteiger partial charge >= 0.3 is 0 Å². The number of fused-ring (bicyclic) bond motifs is 1. The maximum Gasteiger partial charge on any atom is 0.242 e. The minimum atomic E-state index is 0.107. The van der Waals surface area contributed by atoms with Crippen LogP contribution in [0.2, 0.25) is 0 Å². The Morgan fingerprint density at radius 2 is 2.30 bits per heavy atom. The van der Waals surface area contributed by atoms with Crippen LogP contribution < -0.4 is 4.74 Å². The van der Waals surface area contributed by atoms with Gasteiger partial charge in [0.25, 0.3) is 0 Å². The SMILES string of the molecule is COc1ncnc2c1[nH]c(=S)n2C(C)Cn1cccn1. The van der Waals surface area contributed by atoms with Gasteiger partial charge in [0.15, 0.2) is 10.4 Å². The number of rotatable bonds is 4. The summed E-state index contributed by atoms with van der Waals surface area (Å²) >= 11 is 5.39. The van der Waals surface area contributed by atoms with E-state index in [1.807, 2.05) is 21.5 Å². The molecule has 8 heteroatoms. The third-order valence-corrected chi connectivity index (χ3v) is 3.41. The average molecular weight is 290 g/mol. The average Bonchev–Trinajstić information content (AvgIpc) is 3.04. The normalized spacial score (nSPS) is 12.7. The highest BCUT2D eigenvalue weighted by molar-refractivity contribution is 7.71. The Balaban J connectivity index is 2.07. The zero-order chi connectivity index (χ0) is 14.1. The number of hydrogen-bond donors (Lipinski definition) is 1. The van der Waals surface area contributed by atoms with Crippen LogP contribution in [0.1, 0.15) is 13.0 Å². The van der Waals surface area contributed by atoms with E-state index >= 15 is 0 Å². The Kier molecular flexibility index (Phi) is 3.23. The summed E-state index contributed by atoms with van der Waals surface area (Å²) in [5, 5.41) is 4.21. The van der Waals surface area contributed by atoms with Crippen molar-refractivity contribution in [1.82, 2.24) is 29.3 Å². The van der Waals surface area contributed by atoms with E-state index in [1.165, 1.54) is 6.33 Å². The zero-order valence-electron chi connectivity index (χ0n) is 11.1. The Bertz CT molecular complexity index is 775. The molecule has 7 nitrogen and oxygen atoms in total. The van der Waals surface area contributed by atoms with Crippen molar-refractivity contribution in [2.24, 2.45) is 0 Å². The number of imidazole rings is 1. The van der Waals surface area contributed by atoms with Gasteiger partial charge in [-0.2, -0.15) is 10.1 Å². The molecule has 0 amide bonds. The largest absolute Gasteiger partial charge is 0.479 e. The molecule has 3 rings (SSSR count). The van der Waals surface area contributed by atoms with Gasteiger partial charge in [-0.15, -0.1) is 0 Å². The predicted molar refractivity (Wildman–Crippen MR) is 76.2 cm³/mol. The summed E-state index contributed by atoms with van der Waals surface area (Å²) < 4.78 is 9.64. The lowest BCUT2D eigenvalue weighted by molar-refractivity contribution is 0.401. The fourth-order valence-corrected chi connectivity index (χ4v) is 2.61. The van der Waals surface area contributed by atoms with Gasteiger partial charge in [0.05, 0.1) is 19.7 Å². The van der Waals surface area contributed by atoms with E-state index in [-0.39, 0.29) is 6.04 Å². The first kappa shape index (κ1) is 12.8. The summed E-state index contributed by atoms with van der Waals surface area (Å²) in [6.07, 6.45) is 5.15. The molecule has 0 aliphatic carbocycles. The Hall–Kier alpha value is -2.22. The van der Waals surface area contributed by atoms with E-state index in [4.69, 9.17) is 17.0 Å². The summed E-state index contributed by atoms with van der Waals surface area (Å²) in [7, 11) is 1.57. The lowest BCUT2D eigenvalue weighted by atomic mass is 10.3. The molecule has 3 aromatic heterocycles. The maximum atomic E-state index is 5.39. The van der Waals surface area contributed by atoms with Crippen LogP contribution in [0.25, 0.3) is 11.2 Å². The molecule has 0 aromatic carbocycles. The van der Waals surface area contributed by atoms with Crippen molar-refractivity contribution in [3.63, 3.8) is 0 Å². The Morgan fingerprint density at radius 1 is 1.45 bits per heavy atom. The van der Waals surface area contributed by atoms with Gasteiger partial charge in [0.2, 0.25) is 5.88 Å². The highest BCUT2D eigenvalue weighted by atomic mass is 32.1. The molecule has 1 unspecified atom stereocenters. The van der Waals surface area contributed by atoms with E-state index in [0.29, 0.717) is 22.7 Å². The number of aromatic amines is 1. The number of ether oxygens (including phenoxy) is 1. The van der Waals surface area contributed by atoms with Gasteiger partial charge < -0.3 is 9.72 Å². The smallest absolute Gasteiger partial charge is 0.242 e. The minimum Gasteiger partial charge on any atom is -0.479 e. The second-order valence-electron chi connectivity index (χ2n) is 4.46. The van der Waals surface area contributed by atoms with Gasteiger partial charge in [-0.1, -0.05) is 0 Å². The van der Waals surface area contributed by atoms with Gasteiger partial charge in [0.1, 0.15) is 11.8 Å². The van der Waals surface area contributed by atoms with Crippen LogP contribution in [0.15, 0.2) is 24.8 Å². The van der Waals surface area contributed by atoms with Crippen LogP contribution in [0.5, 0.6) is 5.88 Å². The second-order valence-corrected chi connectivity index (χ2v) is 4.85. The molecule has 3 aromatic rings. The van der Waals surface area contributed by atoms with Crippen LogP contribution >= 0.6 is 12.2 Å². The monoisotopic (exact) mass is 290 g/mol. The number of nitrogens with one attached hydrogen (secondary N) is 1. The van der Waals surface area contributed by atoms with E-state index in [9.17, 15) is 0 Å².